The maximum absolute atomic E-state index is 11.6. The standard InChI is InChI=1S/C5H7BrF2O4/c6-1-3(10)5(12-8)4(2-9)11-7/h2-5,10H,1H2/t3-,4+,5-/m1/s1. The van der Waals surface area contributed by atoms with Crippen molar-refractivity contribution in [3.05, 3.63) is 0 Å². The molecule has 0 aromatic heterocycles. The SMILES string of the molecule is O=C[C@H](OF)[C@H](OF)[C@H](O)CBr. The van der Waals surface area contributed by atoms with Gasteiger partial charge in [0.1, 0.15) is 0 Å². The summed E-state index contributed by atoms with van der Waals surface area (Å²) in [7, 11) is 0. The lowest BCUT2D eigenvalue weighted by Crippen LogP contribution is -2.40. The maximum Gasteiger partial charge on any atom is 0.185 e. The number of carbonyl (C=O) groups excluding carboxylic acids is 1. The van der Waals surface area contributed by atoms with Crippen LogP contribution in [0.5, 0.6) is 0 Å². The van der Waals surface area contributed by atoms with E-state index in [-0.39, 0.29) is 11.6 Å². The molecule has 72 valence electrons. The van der Waals surface area contributed by atoms with Crippen LogP contribution in [0, 0.1) is 0 Å². The number of hydrogen-bond donors (Lipinski definition) is 1. The quantitative estimate of drug-likeness (QED) is 0.549. The maximum atomic E-state index is 11.6. The Balaban J connectivity index is 4.19. The minimum absolute atomic E-state index is 0.00384. The Morgan fingerprint density at radius 1 is 1.50 bits per heavy atom. The van der Waals surface area contributed by atoms with Crippen molar-refractivity contribution in [1.29, 1.82) is 0 Å². The first-order chi connectivity index (χ1) is 5.71. The first-order valence-corrected chi connectivity index (χ1v) is 4.07. The lowest BCUT2D eigenvalue weighted by atomic mass is 10.1. The first kappa shape index (κ1) is 11.9. The predicted molar refractivity (Wildman–Crippen MR) is 37.8 cm³/mol. The number of alkyl halides is 1. The molecule has 0 bridgehead atoms. The third-order valence-electron chi connectivity index (χ3n) is 1.20. The zero-order valence-corrected chi connectivity index (χ0v) is 7.41. The summed E-state index contributed by atoms with van der Waals surface area (Å²) in [5, 5.41) is 8.87. The van der Waals surface area contributed by atoms with Gasteiger partial charge in [0, 0.05) is 5.33 Å². The molecule has 0 radical (unpaired) electrons. The number of aldehydes is 1. The van der Waals surface area contributed by atoms with Crippen molar-refractivity contribution < 1.29 is 28.8 Å². The van der Waals surface area contributed by atoms with Crippen LogP contribution in [-0.2, 0) is 14.7 Å². The van der Waals surface area contributed by atoms with Crippen LogP contribution >= 0.6 is 15.9 Å². The van der Waals surface area contributed by atoms with Gasteiger partial charge in [0.25, 0.3) is 0 Å². The highest BCUT2D eigenvalue weighted by atomic mass is 79.9. The molecule has 0 spiro atoms. The Morgan fingerprint density at radius 2 is 2.08 bits per heavy atom. The smallest absolute Gasteiger partial charge is 0.185 e. The van der Waals surface area contributed by atoms with Crippen LogP contribution in [0.3, 0.4) is 0 Å². The third-order valence-corrected chi connectivity index (χ3v) is 1.86. The van der Waals surface area contributed by atoms with E-state index >= 15 is 0 Å². The molecule has 0 fully saturated rings. The molecule has 12 heavy (non-hydrogen) atoms. The highest BCUT2D eigenvalue weighted by Crippen LogP contribution is 2.10. The van der Waals surface area contributed by atoms with E-state index in [0.717, 1.165) is 0 Å². The topological polar surface area (TPSA) is 55.8 Å². The van der Waals surface area contributed by atoms with E-state index in [1.807, 2.05) is 0 Å². The fourth-order valence-electron chi connectivity index (χ4n) is 0.566. The second-order valence-electron chi connectivity index (χ2n) is 1.97. The minimum Gasteiger partial charge on any atom is -0.389 e. The first-order valence-electron chi connectivity index (χ1n) is 2.95. The summed E-state index contributed by atoms with van der Waals surface area (Å²) in [4.78, 5) is 16.3. The zero-order valence-electron chi connectivity index (χ0n) is 5.82. The van der Waals surface area contributed by atoms with Gasteiger partial charge in [-0.15, -0.1) is 0 Å². The molecule has 0 unspecified atom stereocenters. The van der Waals surface area contributed by atoms with Crippen LogP contribution in [0.4, 0.5) is 9.05 Å². The fraction of sp³-hybridized carbons (Fsp3) is 0.800. The molecule has 0 heterocycles. The van der Waals surface area contributed by atoms with Crippen molar-refractivity contribution >= 4 is 22.2 Å². The summed E-state index contributed by atoms with van der Waals surface area (Å²) in [6.07, 6.45) is -4.79. The lowest BCUT2D eigenvalue weighted by molar-refractivity contribution is -0.275. The van der Waals surface area contributed by atoms with E-state index < -0.39 is 18.3 Å². The summed E-state index contributed by atoms with van der Waals surface area (Å²) in [5.41, 5.74) is 0. The number of carbonyl (C=O) groups is 1. The van der Waals surface area contributed by atoms with Crippen molar-refractivity contribution in [2.75, 3.05) is 5.33 Å². The normalized spacial score (nSPS) is 18.3. The highest BCUT2D eigenvalue weighted by Gasteiger charge is 2.31. The third kappa shape index (κ3) is 3.10. The van der Waals surface area contributed by atoms with Gasteiger partial charge in [0.2, 0.25) is 0 Å². The van der Waals surface area contributed by atoms with Crippen LogP contribution in [0.25, 0.3) is 0 Å². The van der Waals surface area contributed by atoms with Crippen LogP contribution in [-0.4, -0.2) is 35.0 Å². The van der Waals surface area contributed by atoms with Crippen LogP contribution in [0.15, 0.2) is 0 Å². The molecule has 0 aliphatic rings. The Bertz CT molecular complexity index is 137. The van der Waals surface area contributed by atoms with Gasteiger partial charge in [-0.2, -0.15) is 9.88 Å². The summed E-state index contributed by atoms with van der Waals surface area (Å²) >= 11 is 2.79. The van der Waals surface area contributed by atoms with E-state index in [0.29, 0.717) is 0 Å². The van der Waals surface area contributed by atoms with Gasteiger partial charge in [0.15, 0.2) is 18.5 Å². The van der Waals surface area contributed by atoms with E-state index in [9.17, 15) is 13.8 Å². The molecule has 4 nitrogen and oxygen atoms in total. The predicted octanol–water partition coefficient (Wildman–Crippen LogP) is 0.481. The molecule has 0 saturated carbocycles. The number of rotatable bonds is 6. The molecule has 0 aliphatic carbocycles. The van der Waals surface area contributed by atoms with Crippen LogP contribution in [0.2, 0.25) is 0 Å². The summed E-state index contributed by atoms with van der Waals surface area (Å²) in [5.74, 6) is 0. The largest absolute Gasteiger partial charge is 0.389 e. The number of halogens is 3. The minimum atomic E-state index is -1.76. The molecule has 0 aliphatic heterocycles. The molecule has 0 aromatic rings. The average molecular weight is 249 g/mol. The van der Waals surface area contributed by atoms with Crippen molar-refractivity contribution in [2.24, 2.45) is 0 Å². The molecular formula is C5H7BrF2O4. The molecule has 0 aromatic carbocycles. The van der Waals surface area contributed by atoms with E-state index in [2.05, 4.69) is 25.8 Å². The summed E-state index contributed by atoms with van der Waals surface area (Å²) in [6.45, 7) is 0. The number of aliphatic hydroxyl groups excluding tert-OH is 1. The molecule has 1 N–H and O–H groups in total. The van der Waals surface area contributed by atoms with Gasteiger partial charge in [-0.05, 0) is 9.05 Å². The average Bonchev–Trinajstić information content (AvgIpc) is 2.12. The molecular weight excluding hydrogens is 242 g/mol. The Kier molecular flexibility index (Phi) is 6.35. The number of aliphatic hydroxyl groups is 1. The summed E-state index contributed by atoms with van der Waals surface area (Å²) in [6, 6.07) is 0. The molecule has 0 rings (SSSR count). The molecule has 0 saturated heterocycles. The number of hydrogen-bond acceptors (Lipinski definition) is 4. The monoisotopic (exact) mass is 248 g/mol. The van der Waals surface area contributed by atoms with Crippen LogP contribution < -0.4 is 0 Å². The van der Waals surface area contributed by atoms with Crippen molar-refractivity contribution in [3.63, 3.8) is 0 Å². The van der Waals surface area contributed by atoms with Gasteiger partial charge >= 0.3 is 0 Å². The van der Waals surface area contributed by atoms with Gasteiger partial charge in [0.05, 0.1) is 6.10 Å². The van der Waals surface area contributed by atoms with Crippen LogP contribution in [0.1, 0.15) is 0 Å². The zero-order chi connectivity index (χ0) is 9.56. The van der Waals surface area contributed by atoms with Crippen molar-refractivity contribution in [2.45, 2.75) is 18.3 Å². The Hall–Kier alpha value is -0.110. The fourth-order valence-corrected chi connectivity index (χ4v) is 0.934. The van der Waals surface area contributed by atoms with Gasteiger partial charge in [-0.25, -0.2) is 0 Å². The van der Waals surface area contributed by atoms with E-state index in [1.165, 1.54) is 0 Å². The second kappa shape index (κ2) is 6.41. The van der Waals surface area contributed by atoms with Gasteiger partial charge in [-0.3, -0.25) is 0 Å². The molecule has 0 amide bonds. The second-order valence-corrected chi connectivity index (χ2v) is 2.61. The van der Waals surface area contributed by atoms with Gasteiger partial charge < -0.3 is 9.90 Å². The van der Waals surface area contributed by atoms with E-state index in [4.69, 9.17) is 5.11 Å². The Morgan fingerprint density at radius 3 is 2.33 bits per heavy atom. The van der Waals surface area contributed by atoms with Gasteiger partial charge in [-0.1, -0.05) is 15.9 Å². The summed E-state index contributed by atoms with van der Waals surface area (Å²) < 4.78 is 23.1. The van der Waals surface area contributed by atoms with Crippen molar-refractivity contribution in [1.82, 2.24) is 0 Å². The van der Waals surface area contributed by atoms with Crippen molar-refractivity contribution in [3.8, 4) is 0 Å². The molecule has 7 heteroatoms. The van der Waals surface area contributed by atoms with E-state index in [1.54, 1.807) is 0 Å². The highest BCUT2D eigenvalue weighted by molar-refractivity contribution is 9.09. The molecule has 3 atom stereocenters. The lowest BCUT2D eigenvalue weighted by Gasteiger charge is -2.18. The Labute approximate surface area is 75.4 Å².